The van der Waals surface area contributed by atoms with Crippen LogP contribution in [-0.4, -0.2) is 66.5 Å². The molecule has 1 atom stereocenters. The van der Waals surface area contributed by atoms with Crippen molar-refractivity contribution in [3.8, 4) is 0 Å². The second kappa shape index (κ2) is 6.84. The molecule has 1 aromatic rings. The Morgan fingerprint density at radius 1 is 1.18 bits per heavy atom. The maximum Gasteiger partial charge on any atom is 0.240 e. The van der Waals surface area contributed by atoms with E-state index >= 15 is 0 Å². The van der Waals surface area contributed by atoms with E-state index in [-0.39, 0.29) is 6.04 Å². The first-order valence-corrected chi connectivity index (χ1v) is 8.39. The van der Waals surface area contributed by atoms with Gasteiger partial charge in [-0.15, -0.1) is 0 Å². The number of carbonyl (C=O) groups excluding carboxylic acids is 1. The van der Waals surface area contributed by atoms with Crippen LogP contribution in [0.25, 0.3) is 0 Å². The number of likely N-dealkylation sites (N-methyl/N-ethyl adjacent to an activating group) is 1. The smallest absolute Gasteiger partial charge is 0.240 e. The predicted molar refractivity (Wildman–Crippen MR) is 88.3 cm³/mol. The molecule has 0 aromatic carbocycles. The molecule has 0 spiro atoms. The zero-order valence-electron chi connectivity index (χ0n) is 13.0. The van der Waals surface area contributed by atoms with Crippen molar-refractivity contribution in [1.29, 1.82) is 0 Å². The predicted octanol–water partition coefficient (Wildman–Crippen LogP) is 1.87. The van der Waals surface area contributed by atoms with Crippen LogP contribution in [0.3, 0.4) is 0 Å². The molecule has 0 radical (unpaired) electrons. The third-order valence-electron chi connectivity index (χ3n) is 4.67. The Hall–Kier alpha value is -1.33. The lowest BCUT2D eigenvalue weighted by atomic mass is 10.0. The molecule has 0 aliphatic carbocycles. The lowest BCUT2D eigenvalue weighted by Gasteiger charge is -2.40. The number of anilines is 1. The maximum absolute atomic E-state index is 12.7. The van der Waals surface area contributed by atoms with Gasteiger partial charge in [-0.05, 0) is 38.6 Å². The lowest BCUT2D eigenvalue weighted by molar-refractivity contribution is -0.138. The molecule has 2 aliphatic heterocycles. The molecular weight excluding hydrogens is 300 g/mol. The number of pyridine rings is 1. The summed E-state index contributed by atoms with van der Waals surface area (Å²) in [5, 5.41) is 0.514. The monoisotopic (exact) mass is 322 g/mol. The van der Waals surface area contributed by atoms with Gasteiger partial charge >= 0.3 is 0 Å². The zero-order valence-corrected chi connectivity index (χ0v) is 13.8. The number of rotatable bonds is 2. The van der Waals surface area contributed by atoms with Crippen LogP contribution in [0.2, 0.25) is 5.15 Å². The van der Waals surface area contributed by atoms with Crippen molar-refractivity contribution < 1.29 is 4.79 Å². The van der Waals surface area contributed by atoms with Gasteiger partial charge in [0.2, 0.25) is 5.91 Å². The van der Waals surface area contributed by atoms with E-state index in [1.54, 1.807) is 6.07 Å². The van der Waals surface area contributed by atoms with E-state index in [0.717, 1.165) is 51.4 Å². The molecule has 2 aliphatic rings. The number of aromatic nitrogens is 1. The van der Waals surface area contributed by atoms with Crippen molar-refractivity contribution in [2.45, 2.75) is 25.3 Å². The molecule has 3 heterocycles. The number of halogens is 1. The van der Waals surface area contributed by atoms with Gasteiger partial charge in [-0.1, -0.05) is 24.1 Å². The van der Waals surface area contributed by atoms with Crippen LogP contribution in [0.1, 0.15) is 19.3 Å². The summed E-state index contributed by atoms with van der Waals surface area (Å²) in [4.78, 5) is 23.4. The van der Waals surface area contributed by atoms with Gasteiger partial charge < -0.3 is 9.80 Å². The molecule has 1 aromatic heterocycles. The highest BCUT2D eigenvalue weighted by Crippen LogP contribution is 2.20. The van der Waals surface area contributed by atoms with Crippen LogP contribution in [0.15, 0.2) is 18.2 Å². The SMILES string of the molecule is CN1CCCC[C@@H]1C(=O)N1CCN(c2cccc(Cl)n2)CC1. The summed E-state index contributed by atoms with van der Waals surface area (Å²) in [5.41, 5.74) is 0. The molecule has 5 nitrogen and oxygen atoms in total. The summed E-state index contributed by atoms with van der Waals surface area (Å²) in [7, 11) is 2.06. The number of piperidine rings is 1. The molecule has 0 saturated carbocycles. The fraction of sp³-hybridized carbons (Fsp3) is 0.625. The number of hydrogen-bond donors (Lipinski definition) is 0. The van der Waals surface area contributed by atoms with Crippen LogP contribution in [0, 0.1) is 0 Å². The van der Waals surface area contributed by atoms with E-state index < -0.39 is 0 Å². The van der Waals surface area contributed by atoms with Crippen molar-refractivity contribution in [2.24, 2.45) is 0 Å². The van der Waals surface area contributed by atoms with Gasteiger partial charge in [0.1, 0.15) is 11.0 Å². The largest absolute Gasteiger partial charge is 0.353 e. The van der Waals surface area contributed by atoms with Gasteiger partial charge in [-0.3, -0.25) is 9.69 Å². The summed E-state index contributed by atoms with van der Waals surface area (Å²) in [6, 6.07) is 5.74. The molecule has 120 valence electrons. The number of carbonyl (C=O) groups is 1. The molecule has 0 unspecified atom stereocenters. The van der Waals surface area contributed by atoms with Gasteiger partial charge in [0.25, 0.3) is 0 Å². The van der Waals surface area contributed by atoms with E-state index in [1.165, 1.54) is 6.42 Å². The first-order chi connectivity index (χ1) is 10.6. The Morgan fingerprint density at radius 2 is 1.95 bits per heavy atom. The highest BCUT2D eigenvalue weighted by molar-refractivity contribution is 6.29. The number of piperazine rings is 1. The molecule has 2 saturated heterocycles. The molecule has 2 fully saturated rings. The number of amides is 1. The van der Waals surface area contributed by atoms with Crippen LogP contribution in [-0.2, 0) is 4.79 Å². The Kier molecular flexibility index (Phi) is 4.84. The van der Waals surface area contributed by atoms with E-state index in [2.05, 4.69) is 21.8 Å². The minimum Gasteiger partial charge on any atom is -0.353 e. The second-order valence-corrected chi connectivity index (χ2v) is 6.51. The van der Waals surface area contributed by atoms with Gasteiger partial charge in [-0.25, -0.2) is 4.98 Å². The molecule has 22 heavy (non-hydrogen) atoms. The third kappa shape index (κ3) is 3.36. The van der Waals surface area contributed by atoms with Gasteiger partial charge in [0.15, 0.2) is 0 Å². The minimum atomic E-state index is 0.0737. The fourth-order valence-corrected chi connectivity index (χ4v) is 3.49. The molecule has 3 rings (SSSR count). The standard InChI is InChI=1S/C16H23ClN4O/c1-19-8-3-2-5-13(19)16(22)21-11-9-20(10-12-21)15-7-4-6-14(17)18-15/h4,6-7,13H,2-3,5,8-12H2,1H3/t13-/m1/s1. The second-order valence-electron chi connectivity index (χ2n) is 6.12. The zero-order chi connectivity index (χ0) is 15.5. The normalized spacial score (nSPS) is 23.6. The minimum absolute atomic E-state index is 0.0737. The summed E-state index contributed by atoms with van der Waals surface area (Å²) in [6.45, 7) is 4.18. The van der Waals surface area contributed by atoms with E-state index in [0.29, 0.717) is 11.1 Å². The first-order valence-electron chi connectivity index (χ1n) is 8.02. The Morgan fingerprint density at radius 3 is 2.64 bits per heavy atom. The van der Waals surface area contributed by atoms with E-state index in [1.807, 2.05) is 17.0 Å². The van der Waals surface area contributed by atoms with Crippen LogP contribution < -0.4 is 4.90 Å². The third-order valence-corrected chi connectivity index (χ3v) is 4.88. The molecule has 0 N–H and O–H groups in total. The van der Waals surface area contributed by atoms with Crippen molar-refractivity contribution in [3.05, 3.63) is 23.4 Å². The summed E-state index contributed by atoms with van der Waals surface area (Å²) < 4.78 is 0. The Labute approximate surface area is 136 Å². The quantitative estimate of drug-likeness (QED) is 0.779. The number of likely N-dealkylation sites (tertiary alicyclic amines) is 1. The van der Waals surface area contributed by atoms with Crippen molar-refractivity contribution in [3.63, 3.8) is 0 Å². The van der Waals surface area contributed by atoms with Crippen molar-refractivity contribution in [2.75, 3.05) is 44.7 Å². The van der Waals surface area contributed by atoms with Gasteiger partial charge in [-0.2, -0.15) is 0 Å². The first kappa shape index (κ1) is 15.6. The van der Waals surface area contributed by atoms with E-state index in [9.17, 15) is 4.79 Å². The Balaban J connectivity index is 1.58. The Bertz CT molecular complexity index is 531. The van der Waals surface area contributed by atoms with E-state index in [4.69, 9.17) is 11.6 Å². The maximum atomic E-state index is 12.7. The number of nitrogens with zero attached hydrogens (tertiary/aromatic N) is 4. The van der Waals surface area contributed by atoms with Crippen LogP contribution >= 0.6 is 11.6 Å². The van der Waals surface area contributed by atoms with Gasteiger partial charge in [0, 0.05) is 26.2 Å². The average Bonchev–Trinajstić information content (AvgIpc) is 2.55. The summed E-state index contributed by atoms with van der Waals surface area (Å²) in [5.74, 6) is 1.19. The average molecular weight is 323 g/mol. The highest BCUT2D eigenvalue weighted by Gasteiger charge is 2.31. The van der Waals surface area contributed by atoms with Crippen LogP contribution in [0.4, 0.5) is 5.82 Å². The topological polar surface area (TPSA) is 39.7 Å². The van der Waals surface area contributed by atoms with Crippen molar-refractivity contribution in [1.82, 2.24) is 14.8 Å². The number of hydrogen-bond acceptors (Lipinski definition) is 4. The summed E-state index contributed by atoms with van der Waals surface area (Å²) in [6.07, 6.45) is 3.35. The molecule has 0 bridgehead atoms. The molecular formula is C16H23ClN4O. The lowest BCUT2D eigenvalue weighted by Crippen LogP contribution is -2.55. The van der Waals surface area contributed by atoms with Crippen LogP contribution in [0.5, 0.6) is 0 Å². The molecule has 6 heteroatoms. The van der Waals surface area contributed by atoms with Crippen molar-refractivity contribution >= 4 is 23.3 Å². The summed E-state index contributed by atoms with van der Waals surface area (Å²) >= 11 is 5.95. The fourth-order valence-electron chi connectivity index (χ4n) is 3.33. The van der Waals surface area contributed by atoms with Gasteiger partial charge in [0.05, 0.1) is 6.04 Å². The highest BCUT2D eigenvalue weighted by atomic mass is 35.5. The molecule has 1 amide bonds.